The first-order valence-electron chi connectivity index (χ1n) is 6.50. The van der Waals surface area contributed by atoms with E-state index in [1.165, 1.54) is 0 Å². The lowest BCUT2D eigenvalue weighted by molar-refractivity contribution is 1.37. The molecule has 4 heteroatoms. The molecule has 3 aromatic rings. The van der Waals surface area contributed by atoms with E-state index in [1.54, 1.807) is 24.3 Å². The number of hydrogen-bond acceptors (Lipinski definition) is 3. The molecule has 3 rings (SSSR count). The number of anilines is 2. The van der Waals surface area contributed by atoms with Gasteiger partial charge in [-0.2, -0.15) is 0 Å². The van der Waals surface area contributed by atoms with Gasteiger partial charge in [0.1, 0.15) is 5.69 Å². The molecule has 1 N–H and O–H groups in total. The van der Waals surface area contributed by atoms with Crippen LogP contribution in [0.5, 0.6) is 0 Å². The first kappa shape index (κ1) is 13.6. The highest BCUT2D eigenvalue weighted by atomic mass is 35.5. The largest absolute Gasteiger partial charge is 0.350 e. The number of hydrogen-bond donors (Lipinski definition) is 1. The van der Waals surface area contributed by atoms with Gasteiger partial charge in [0, 0.05) is 0 Å². The topological polar surface area (TPSA) is 46.2 Å². The van der Waals surface area contributed by atoms with Crippen molar-refractivity contribution in [3.63, 3.8) is 0 Å². The molecule has 0 aromatic heterocycles. The summed E-state index contributed by atoms with van der Waals surface area (Å²) < 4.78 is 0. The zero-order valence-electron chi connectivity index (χ0n) is 11.3. The van der Waals surface area contributed by atoms with E-state index < -0.39 is 10.9 Å². The highest BCUT2D eigenvalue weighted by Gasteiger charge is 2.22. The molecule has 0 saturated heterocycles. The second kappa shape index (κ2) is 5.19. The Hall–Kier alpha value is -2.39. The predicted molar refractivity (Wildman–Crippen MR) is 86.3 cm³/mol. The molecule has 0 unspecified atom stereocenters. The molecule has 104 valence electrons. The third kappa shape index (κ3) is 2.36. The summed E-state index contributed by atoms with van der Waals surface area (Å²) in [6, 6.07) is 14.6. The molecule has 21 heavy (non-hydrogen) atoms. The summed E-state index contributed by atoms with van der Waals surface area (Å²) in [6.45, 7) is 1.93. The van der Waals surface area contributed by atoms with Crippen LogP contribution in [0.15, 0.2) is 58.1 Å². The molecule has 0 aliphatic carbocycles. The first-order chi connectivity index (χ1) is 10.1. The summed E-state index contributed by atoms with van der Waals surface area (Å²) in [5, 5.41) is 3.50. The van der Waals surface area contributed by atoms with Crippen molar-refractivity contribution in [2.24, 2.45) is 0 Å². The second-order valence-electron chi connectivity index (χ2n) is 4.88. The molecule has 0 aliphatic rings. The molecule has 0 spiro atoms. The molecule has 3 aromatic carbocycles. The van der Waals surface area contributed by atoms with Crippen molar-refractivity contribution >= 4 is 23.0 Å². The fraction of sp³-hybridized carbons (Fsp3) is 0.0588. The van der Waals surface area contributed by atoms with Crippen LogP contribution in [-0.2, 0) is 0 Å². The summed E-state index contributed by atoms with van der Waals surface area (Å²) in [5.74, 6) is 0. The van der Waals surface area contributed by atoms with Crippen molar-refractivity contribution in [3.8, 4) is 11.1 Å². The third-order valence-corrected chi connectivity index (χ3v) is 3.67. The maximum Gasteiger partial charge on any atom is 0.250 e. The fourth-order valence-electron chi connectivity index (χ4n) is 2.25. The van der Waals surface area contributed by atoms with Gasteiger partial charge in [0.05, 0.1) is 16.3 Å². The van der Waals surface area contributed by atoms with E-state index in [9.17, 15) is 9.59 Å². The molecule has 0 atom stereocenters. The third-order valence-electron chi connectivity index (χ3n) is 3.36. The van der Waals surface area contributed by atoms with E-state index in [1.807, 2.05) is 31.2 Å². The van der Waals surface area contributed by atoms with Crippen LogP contribution < -0.4 is 16.2 Å². The number of nitrogens with one attached hydrogen (secondary N) is 1. The van der Waals surface area contributed by atoms with Crippen molar-refractivity contribution in [1.82, 2.24) is 0 Å². The van der Waals surface area contributed by atoms with Gasteiger partial charge < -0.3 is 5.32 Å². The van der Waals surface area contributed by atoms with Gasteiger partial charge in [0.2, 0.25) is 5.43 Å². The van der Waals surface area contributed by atoms with Crippen LogP contribution in [0, 0.1) is 6.92 Å². The van der Waals surface area contributed by atoms with Gasteiger partial charge >= 0.3 is 0 Å². The van der Waals surface area contributed by atoms with E-state index in [2.05, 4.69) is 5.32 Å². The van der Waals surface area contributed by atoms with Gasteiger partial charge in [-0.3, -0.25) is 9.59 Å². The summed E-state index contributed by atoms with van der Waals surface area (Å²) in [4.78, 5) is 23.6. The average Bonchev–Trinajstić information content (AvgIpc) is 2.49. The van der Waals surface area contributed by atoms with Gasteiger partial charge in [-0.05, 0) is 30.2 Å². The van der Waals surface area contributed by atoms with Crippen LogP contribution in [0.1, 0.15) is 5.56 Å². The van der Waals surface area contributed by atoms with Crippen LogP contribution in [-0.4, -0.2) is 0 Å². The van der Waals surface area contributed by atoms with E-state index in [4.69, 9.17) is 11.6 Å². The summed E-state index contributed by atoms with van der Waals surface area (Å²) in [6.07, 6.45) is 0. The number of aryl methyl sites for hydroxylation is 1. The molecule has 0 amide bonds. The summed E-state index contributed by atoms with van der Waals surface area (Å²) in [7, 11) is 0. The van der Waals surface area contributed by atoms with E-state index in [0.717, 1.165) is 11.1 Å². The van der Waals surface area contributed by atoms with Crippen molar-refractivity contribution in [3.05, 3.63) is 79.6 Å². The highest BCUT2D eigenvalue weighted by molar-refractivity contribution is 6.33. The predicted octanol–water partition coefficient (Wildman–Crippen LogP) is 3.66. The Kier molecular flexibility index (Phi) is 3.35. The van der Waals surface area contributed by atoms with Gasteiger partial charge in [-0.1, -0.05) is 48.0 Å². The molecule has 0 heterocycles. The average molecular weight is 298 g/mol. The normalized spacial score (nSPS) is 10.8. The lowest BCUT2D eigenvalue weighted by Gasteiger charge is -2.14. The molecule has 0 saturated carbocycles. The Morgan fingerprint density at radius 1 is 0.952 bits per heavy atom. The van der Waals surface area contributed by atoms with E-state index >= 15 is 0 Å². The zero-order valence-corrected chi connectivity index (χ0v) is 12.1. The molecule has 3 nitrogen and oxygen atoms in total. The minimum atomic E-state index is -0.509. The Morgan fingerprint density at radius 2 is 1.67 bits per heavy atom. The van der Waals surface area contributed by atoms with E-state index in [-0.39, 0.29) is 0 Å². The van der Waals surface area contributed by atoms with Crippen molar-refractivity contribution < 1.29 is 0 Å². The maximum atomic E-state index is 11.8. The quantitative estimate of drug-likeness (QED) is 0.751. The summed E-state index contributed by atoms with van der Waals surface area (Å²) in [5.41, 5.74) is 2.12. The van der Waals surface area contributed by atoms with Crippen molar-refractivity contribution in [1.29, 1.82) is 0 Å². The summed E-state index contributed by atoms with van der Waals surface area (Å²) >= 11 is 6.15. The Labute approximate surface area is 126 Å². The molecule has 0 bridgehead atoms. The van der Waals surface area contributed by atoms with Gasteiger partial charge in [0.25, 0.3) is 5.43 Å². The number of benzene rings is 2. The SMILES string of the molecule is Cc1ccc(Nc2c(-c3ccccc3)c(=O)c2=O)c(Cl)c1. The molecular formula is C17H12ClNO2. The van der Waals surface area contributed by atoms with Crippen LogP contribution in [0.4, 0.5) is 11.4 Å². The van der Waals surface area contributed by atoms with Crippen LogP contribution in [0.2, 0.25) is 5.02 Å². The molecule has 0 aliphatic heterocycles. The second-order valence-corrected chi connectivity index (χ2v) is 5.29. The first-order valence-corrected chi connectivity index (χ1v) is 6.87. The lowest BCUT2D eigenvalue weighted by atomic mass is 9.98. The van der Waals surface area contributed by atoms with Crippen molar-refractivity contribution in [2.75, 3.05) is 5.32 Å². The Morgan fingerprint density at radius 3 is 2.33 bits per heavy atom. The molecule has 0 fully saturated rings. The van der Waals surface area contributed by atoms with Crippen LogP contribution in [0.3, 0.4) is 0 Å². The van der Waals surface area contributed by atoms with E-state index in [0.29, 0.717) is 22.0 Å². The standard InChI is InChI=1S/C17H12ClNO2/c1-10-7-8-13(12(18)9-10)19-15-14(16(20)17(15)21)11-5-3-2-4-6-11/h2-9,19H,1H3. The van der Waals surface area contributed by atoms with Gasteiger partial charge in [-0.25, -0.2) is 0 Å². The fourth-order valence-corrected chi connectivity index (χ4v) is 2.53. The van der Waals surface area contributed by atoms with Crippen molar-refractivity contribution in [2.45, 2.75) is 6.92 Å². The highest BCUT2D eigenvalue weighted by Crippen LogP contribution is 2.30. The minimum absolute atomic E-state index is 0.303. The van der Waals surface area contributed by atoms with Gasteiger partial charge in [-0.15, -0.1) is 0 Å². The minimum Gasteiger partial charge on any atom is -0.350 e. The zero-order chi connectivity index (χ0) is 15.0. The van der Waals surface area contributed by atoms with Crippen LogP contribution >= 0.6 is 11.6 Å². The Balaban J connectivity index is 2.03. The number of rotatable bonds is 3. The van der Waals surface area contributed by atoms with Gasteiger partial charge in [0.15, 0.2) is 0 Å². The lowest BCUT2D eigenvalue weighted by Crippen LogP contribution is -2.35. The maximum absolute atomic E-state index is 11.8. The molecule has 0 radical (unpaired) electrons. The Bertz CT molecular complexity index is 878. The smallest absolute Gasteiger partial charge is 0.250 e. The molecular weight excluding hydrogens is 286 g/mol. The van der Waals surface area contributed by atoms with Crippen LogP contribution in [0.25, 0.3) is 11.1 Å². The number of halogens is 1. The monoisotopic (exact) mass is 297 g/mol.